The van der Waals surface area contributed by atoms with Crippen molar-refractivity contribution in [3.05, 3.63) is 35.4 Å². The van der Waals surface area contributed by atoms with Gasteiger partial charge in [0, 0.05) is 12.1 Å². The lowest BCUT2D eigenvalue weighted by atomic mass is 9.93. The minimum Gasteiger partial charge on any atom is -0.478 e. The fourth-order valence-corrected chi connectivity index (χ4v) is 2.26. The smallest absolute Gasteiger partial charge is 0.335 e. The molecule has 1 aromatic rings. The Bertz CT molecular complexity index is 372. The first-order valence-corrected chi connectivity index (χ1v) is 5.76. The average molecular weight is 219 g/mol. The summed E-state index contributed by atoms with van der Waals surface area (Å²) in [7, 11) is 0. The predicted molar refractivity (Wildman–Crippen MR) is 62.6 cm³/mol. The van der Waals surface area contributed by atoms with Crippen molar-refractivity contribution >= 4 is 5.97 Å². The van der Waals surface area contributed by atoms with E-state index in [4.69, 9.17) is 5.11 Å². The Morgan fingerprint density at radius 2 is 2.00 bits per heavy atom. The molecular weight excluding hydrogens is 202 g/mol. The van der Waals surface area contributed by atoms with Gasteiger partial charge in [0.05, 0.1) is 5.56 Å². The summed E-state index contributed by atoms with van der Waals surface area (Å²) >= 11 is 0. The van der Waals surface area contributed by atoms with Gasteiger partial charge in [-0.25, -0.2) is 4.79 Å². The van der Waals surface area contributed by atoms with Crippen LogP contribution < -0.4 is 5.32 Å². The fourth-order valence-electron chi connectivity index (χ4n) is 2.26. The van der Waals surface area contributed by atoms with Crippen molar-refractivity contribution in [3.8, 4) is 0 Å². The number of nitrogens with one attached hydrogen (secondary N) is 1. The van der Waals surface area contributed by atoms with Crippen LogP contribution in [0.25, 0.3) is 0 Å². The molecule has 2 atom stereocenters. The third-order valence-electron chi connectivity index (χ3n) is 3.18. The lowest BCUT2D eigenvalue weighted by Crippen LogP contribution is -2.34. The molecule has 0 amide bonds. The molecule has 1 aliphatic heterocycles. The molecule has 1 aliphatic rings. The van der Waals surface area contributed by atoms with Crippen molar-refractivity contribution in [2.75, 3.05) is 0 Å². The van der Waals surface area contributed by atoms with Crippen LogP contribution in [0.5, 0.6) is 0 Å². The van der Waals surface area contributed by atoms with Crippen LogP contribution in [-0.2, 0) is 0 Å². The first-order valence-electron chi connectivity index (χ1n) is 5.76. The maximum absolute atomic E-state index is 10.7. The number of aromatic carboxylic acids is 1. The molecule has 0 aliphatic carbocycles. The highest BCUT2D eigenvalue weighted by Crippen LogP contribution is 2.25. The van der Waals surface area contributed by atoms with Gasteiger partial charge < -0.3 is 10.4 Å². The van der Waals surface area contributed by atoms with Crippen molar-refractivity contribution in [1.29, 1.82) is 0 Å². The van der Waals surface area contributed by atoms with Crippen LogP contribution in [0.4, 0.5) is 0 Å². The molecule has 2 N–H and O–H groups in total. The van der Waals surface area contributed by atoms with Crippen molar-refractivity contribution < 1.29 is 9.90 Å². The zero-order valence-electron chi connectivity index (χ0n) is 9.44. The number of benzene rings is 1. The van der Waals surface area contributed by atoms with E-state index < -0.39 is 5.97 Å². The van der Waals surface area contributed by atoms with Gasteiger partial charge in [-0.3, -0.25) is 0 Å². The molecule has 16 heavy (non-hydrogen) atoms. The van der Waals surface area contributed by atoms with Crippen molar-refractivity contribution in [3.63, 3.8) is 0 Å². The summed E-state index contributed by atoms with van der Waals surface area (Å²) < 4.78 is 0. The molecule has 0 saturated carbocycles. The summed E-state index contributed by atoms with van der Waals surface area (Å²) in [5.41, 5.74) is 1.55. The average Bonchev–Trinajstić information content (AvgIpc) is 2.29. The zero-order valence-corrected chi connectivity index (χ0v) is 9.44. The van der Waals surface area contributed by atoms with Gasteiger partial charge in [-0.15, -0.1) is 0 Å². The normalized spacial score (nSPS) is 25.3. The highest BCUT2D eigenvalue weighted by molar-refractivity contribution is 5.87. The third kappa shape index (κ3) is 2.42. The van der Waals surface area contributed by atoms with E-state index in [1.807, 2.05) is 12.1 Å². The second-order valence-corrected chi connectivity index (χ2v) is 4.48. The second kappa shape index (κ2) is 4.66. The number of rotatable bonds is 2. The van der Waals surface area contributed by atoms with Crippen LogP contribution in [0.2, 0.25) is 0 Å². The number of carboxylic acid groups (broad SMARTS) is 1. The Kier molecular flexibility index (Phi) is 3.25. The van der Waals surface area contributed by atoms with Gasteiger partial charge in [0.25, 0.3) is 0 Å². The summed E-state index contributed by atoms with van der Waals surface area (Å²) in [5.74, 6) is -0.864. The SMILES string of the molecule is CC1CCCC(c2ccc(C(=O)O)cc2)N1. The Morgan fingerprint density at radius 3 is 2.56 bits per heavy atom. The summed E-state index contributed by atoms with van der Waals surface area (Å²) in [6.45, 7) is 2.19. The highest BCUT2D eigenvalue weighted by atomic mass is 16.4. The maximum atomic E-state index is 10.7. The first kappa shape index (κ1) is 11.1. The summed E-state index contributed by atoms with van der Waals surface area (Å²) in [5, 5.41) is 12.3. The Morgan fingerprint density at radius 1 is 1.31 bits per heavy atom. The van der Waals surface area contributed by atoms with Gasteiger partial charge in [0.1, 0.15) is 0 Å². The molecule has 3 heteroatoms. The molecule has 1 aromatic carbocycles. The lowest BCUT2D eigenvalue weighted by molar-refractivity contribution is 0.0697. The summed E-state index contributed by atoms with van der Waals surface area (Å²) in [6, 6.07) is 8.12. The zero-order chi connectivity index (χ0) is 11.5. The number of piperidine rings is 1. The topological polar surface area (TPSA) is 49.3 Å². The molecule has 1 fully saturated rings. The van der Waals surface area contributed by atoms with E-state index in [1.165, 1.54) is 18.4 Å². The van der Waals surface area contributed by atoms with E-state index in [2.05, 4.69) is 12.2 Å². The van der Waals surface area contributed by atoms with Gasteiger partial charge >= 0.3 is 5.97 Å². The second-order valence-electron chi connectivity index (χ2n) is 4.48. The molecule has 0 aromatic heterocycles. The van der Waals surface area contributed by atoms with Gasteiger partial charge in [0.15, 0.2) is 0 Å². The van der Waals surface area contributed by atoms with Crippen LogP contribution in [0.3, 0.4) is 0 Å². The van der Waals surface area contributed by atoms with Crippen molar-refractivity contribution in [2.24, 2.45) is 0 Å². The molecular formula is C13H17NO2. The Labute approximate surface area is 95.5 Å². The lowest BCUT2D eigenvalue weighted by Gasteiger charge is -2.29. The molecule has 0 radical (unpaired) electrons. The van der Waals surface area contributed by atoms with Gasteiger partial charge in [-0.2, -0.15) is 0 Å². The summed E-state index contributed by atoms with van der Waals surface area (Å²) in [4.78, 5) is 10.7. The number of hydrogen-bond donors (Lipinski definition) is 2. The molecule has 2 rings (SSSR count). The minimum absolute atomic E-state index is 0.354. The predicted octanol–water partition coefficient (Wildman–Crippen LogP) is 2.59. The largest absolute Gasteiger partial charge is 0.478 e. The van der Waals surface area contributed by atoms with Crippen LogP contribution in [-0.4, -0.2) is 17.1 Å². The van der Waals surface area contributed by atoms with Crippen LogP contribution in [0.15, 0.2) is 24.3 Å². The summed E-state index contributed by atoms with van der Waals surface area (Å²) in [6.07, 6.45) is 3.60. The molecule has 2 unspecified atom stereocenters. The molecule has 1 heterocycles. The fraction of sp³-hybridized carbons (Fsp3) is 0.462. The quantitative estimate of drug-likeness (QED) is 0.803. The number of carbonyl (C=O) groups is 1. The van der Waals surface area contributed by atoms with Crippen LogP contribution in [0.1, 0.15) is 48.1 Å². The molecule has 3 nitrogen and oxygen atoms in total. The van der Waals surface area contributed by atoms with Crippen LogP contribution in [0, 0.1) is 0 Å². The van der Waals surface area contributed by atoms with E-state index >= 15 is 0 Å². The molecule has 0 spiro atoms. The standard InChI is InChI=1S/C13H17NO2/c1-9-3-2-4-12(14-9)10-5-7-11(8-6-10)13(15)16/h5-9,12,14H,2-4H2,1H3,(H,15,16). The minimum atomic E-state index is -0.864. The Balaban J connectivity index is 2.11. The number of carboxylic acids is 1. The Hall–Kier alpha value is -1.35. The maximum Gasteiger partial charge on any atom is 0.335 e. The van der Waals surface area contributed by atoms with Gasteiger partial charge in [0.2, 0.25) is 0 Å². The van der Waals surface area contributed by atoms with Crippen molar-refractivity contribution in [2.45, 2.75) is 38.3 Å². The van der Waals surface area contributed by atoms with Gasteiger partial charge in [-0.05, 0) is 37.5 Å². The van der Waals surface area contributed by atoms with E-state index in [9.17, 15) is 4.79 Å². The van der Waals surface area contributed by atoms with E-state index in [-0.39, 0.29) is 0 Å². The first-order chi connectivity index (χ1) is 7.66. The van der Waals surface area contributed by atoms with E-state index in [0.717, 1.165) is 6.42 Å². The molecule has 1 saturated heterocycles. The van der Waals surface area contributed by atoms with Gasteiger partial charge in [-0.1, -0.05) is 18.6 Å². The van der Waals surface area contributed by atoms with Crippen molar-refractivity contribution in [1.82, 2.24) is 5.32 Å². The number of hydrogen-bond acceptors (Lipinski definition) is 2. The third-order valence-corrected chi connectivity index (χ3v) is 3.18. The van der Waals surface area contributed by atoms with E-state index in [0.29, 0.717) is 17.6 Å². The monoisotopic (exact) mass is 219 g/mol. The van der Waals surface area contributed by atoms with E-state index in [1.54, 1.807) is 12.1 Å². The van der Waals surface area contributed by atoms with Crippen LogP contribution >= 0.6 is 0 Å². The highest BCUT2D eigenvalue weighted by Gasteiger charge is 2.19. The molecule has 0 bridgehead atoms. The molecule has 86 valence electrons.